The highest BCUT2D eigenvalue weighted by atomic mass is 35.5. The predicted molar refractivity (Wildman–Crippen MR) is 107 cm³/mol. The maximum absolute atomic E-state index is 13.9. The topological polar surface area (TPSA) is 62.6 Å². The Hall–Kier alpha value is -3.38. The summed E-state index contributed by atoms with van der Waals surface area (Å²) in [5, 5.41) is 3.09. The van der Waals surface area contributed by atoms with Crippen molar-refractivity contribution in [3.63, 3.8) is 0 Å². The van der Waals surface area contributed by atoms with E-state index in [-0.39, 0.29) is 17.8 Å². The zero-order valence-electron chi connectivity index (χ0n) is 15.4. The van der Waals surface area contributed by atoms with E-state index >= 15 is 0 Å². The molecular formula is C22H16ClFN2O3. The van der Waals surface area contributed by atoms with Gasteiger partial charge in [0.05, 0.1) is 6.54 Å². The first-order valence-electron chi connectivity index (χ1n) is 8.86. The zero-order valence-corrected chi connectivity index (χ0v) is 16.2. The molecule has 1 fully saturated rings. The van der Waals surface area contributed by atoms with Gasteiger partial charge < -0.3 is 9.73 Å². The third-order valence-electron chi connectivity index (χ3n) is 4.63. The fourth-order valence-corrected chi connectivity index (χ4v) is 3.26. The first-order chi connectivity index (χ1) is 13.9. The van der Waals surface area contributed by atoms with Crippen LogP contribution in [0.5, 0.6) is 0 Å². The Balaban J connectivity index is 1.57. The van der Waals surface area contributed by atoms with Crippen molar-refractivity contribution in [2.75, 3.05) is 0 Å². The predicted octanol–water partition coefficient (Wildman–Crippen LogP) is 5.14. The Labute approximate surface area is 171 Å². The summed E-state index contributed by atoms with van der Waals surface area (Å²) >= 11 is 6.06. The van der Waals surface area contributed by atoms with Crippen LogP contribution in [0.15, 0.2) is 64.7 Å². The number of hydrogen-bond acceptors (Lipinski definition) is 3. The lowest BCUT2D eigenvalue weighted by molar-refractivity contribution is -0.123. The number of furan rings is 1. The Morgan fingerprint density at radius 3 is 2.72 bits per heavy atom. The highest BCUT2D eigenvalue weighted by molar-refractivity contribution is 6.30. The van der Waals surface area contributed by atoms with Gasteiger partial charge in [-0.3, -0.25) is 9.69 Å². The van der Waals surface area contributed by atoms with Crippen LogP contribution in [-0.2, 0) is 11.3 Å². The summed E-state index contributed by atoms with van der Waals surface area (Å²) in [6.45, 7) is 1.79. The van der Waals surface area contributed by atoms with E-state index in [1.807, 2.05) is 13.0 Å². The fraction of sp³-hybridized carbons (Fsp3) is 0.0909. The number of rotatable bonds is 4. The third-order valence-corrected chi connectivity index (χ3v) is 4.86. The van der Waals surface area contributed by atoms with E-state index in [1.54, 1.807) is 36.4 Å². The highest BCUT2D eigenvalue weighted by Crippen LogP contribution is 2.29. The summed E-state index contributed by atoms with van der Waals surface area (Å²) in [6, 6.07) is 14.3. The second kappa shape index (κ2) is 7.56. The molecule has 1 aliphatic heterocycles. The van der Waals surface area contributed by atoms with Gasteiger partial charge in [0.15, 0.2) is 0 Å². The van der Waals surface area contributed by atoms with E-state index in [1.165, 1.54) is 18.2 Å². The van der Waals surface area contributed by atoms with Crippen LogP contribution in [0.2, 0.25) is 5.02 Å². The minimum absolute atomic E-state index is 0.0649. The van der Waals surface area contributed by atoms with Crippen LogP contribution in [-0.4, -0.2) is 16.8 Å². The van der Waals surface area contributed by atoms with Gasteiger partial charge in [-0.15, -0.1) is 0 Å². The first kappa shape index (κ1) is 19.0. The second-order valence-corrected chi connectivity index (χ2v) is 7.07. The van der Waals surface area contributed by atoms with E-state index in [0.717, 1.165) is 16.0 Å². The van der Waals surface area contributed by atoms with Gasteiger partial charge in [-0.1, -0.05) is 35.9 Å². The average Bonchev–Trinajstić information content (AvgIpc) is 3.25. The SMILES string of the molecule is Cc1ccc(Cl)cc1-c1ccc(/C=C2/NC(=O)N(Cc3ccccc3F)C2=O)o1. The molecule has 1 aromatic heterocycles. The lowest BCUT2D eigenvalue weighted by Crippen LogP contribution is -2.30. The minimum atomic E-state index is -0.609. The van der Waals surface area contributed by atoms with E-state index in [9.17, 15) is 14.0 Å². The molecule has 1 N–H and O–H groups in total. The second-order valence-electron chi connectivity index (χ2n) is 6.63. The molecule has 0 radical (unpaired) electrons. The Kier molecular flexibility index (Phi) is 4.94. The Morgan fingerprint density at radius 1 is 1.14 bits per heavy atom. The number of urea groups is 1. The molecular weight excluding hydrogens is 395 g/mol. The molecule has 29 heavy (non-hydrogen) atoms. The molecule has 1 saturated heterocycles. The average molecular weight is 411 g/mol. The first-order valence-corrected chi connectivity index (χ1v) is 9.24. The number of nitrogens with one attached hydrogen (secondary N) is 1. The van der Waals surface area contributed by atoms with Crippen LogP contribution in [0.3, 0.4) is 0 Å². The molecule has 2 heterocycles. The third kappa shape index (κ3) is 3.79. The van der Waals surface area contributed by atoms with Crippen LogP contribution in [0.1, 0.15) is 16.9 Å². The maximum Gasteiger partial charge on any atom is 0.329 e. The Bertz CT molecular complexity index is 1150. The van der Waals surface area contributed by atoms with Crippen molar-refractivity contribution in [3.05, 3.63) is 88.0 Å². The summed E-state index contributed by atoms with van der Waals surface area (Å²) in [5.74, 6) is -0.0270. The van der Waals surface area contributed by atoms with Crippen LogP contribution in [0.4, 0.5) is 9.18 Å². The molecule has 2 aromatic carbocycles. The van der Waals surface area contributed by atoms with Gasteiger partial charge >= 0.3 is 6.03 Å². The molecule has 146 valence electrons. The van der Waals surface area contributed by atoms with Crippen LogP contribution in [0.25, 0.3) is 17.4 Å². The van der Waals surface area contributed by atoms with E-state index < -0.39 is 17.8 Å². The molecule has 0 aliphatic carbocycles. The number of nitrogens with zero attached hydrogens (tertiary/aromatic N) is 1. The van der Waals surface area contributed by atoms with Gasteiger partial charge in [0.1, 0.15) is 23.0 Å². The minimum Gasteiger partial charge on any atom is -0.457 e. The molecule has 0 bridgehead atoms. The monoisotopic (exact) mass is 410 g/mol. The van der Waals surface area contributed by atoms with Crippen molar-refractivity contribution in [2.45, 2.75) is 13.5 Å². The summed E-state index contributed by atoms with van der Waals surface area (Å²) in [6.07, 6.45) is 1.45. The number of imide groups is 1. The van der Waals surface area contributed by atoms with Crippen molar-refractivity contribution < 1.29 is 18.4 Å². The number of carbonyl (C=O) groups is 2. The zero-order chi connectivity index (χ0) is 20.5. The number of aryl methyl sites for hydroxylation is 1. The van der Waals surface area contributed by atoms with E-state index in [0.29, 0.717) is 16.5 Å². The number of amides is 3. The molecule has 0 spiro atoms. The number of carbonyl (C=O) groups excluding carboxylic acids is 2. The van der Waals surface area contributed by atoms with Gasteiger partial charge in [-0.05, 0) is 42.8 Å². The summed E-state index contributed by atoms with van der Waals surface area (Å²) < 4.78 is 19.7. The van der Waals surface area contributed by atoms with Crippen molar-refractivity contribution in [2.24, 2.45) is 0 Å². The van der Waals surface area contributed by atoms with Gasteiger partial charge in [-0.2, -0.15) is 0 Å². The largest absolute Gasteiger partial charge is 0.457 e. The summed E-state index contributed by atoms with van der Waals surface area (Å²) in [4.78, 5) is 25.8. The fourth-order valence-electron chi connectivity index (χ4n) is 3.09. The van der Waals surface area contributed by atoms with E-state index in [4.69, 9.17) is 16.0 Å². The lowest BCUT2D eigenvalue weighted by Gasteiger charge is -2.12. The van der Waals surface area contributed by atoms with Gasteiger partial charge in [0.25, 0.3) is 5.91 Å². The lowest BCUT2D eigenvalue weighted by atomic mass is 10.1. The summed E-state index contributed by atoms with van der Waals surface area (Å²) in [5.41, 5.74) is 2.15. The standard InChI is InChI=1S/C22H16ClFN2O3/c1-13-6-7-15(23)10-17(13)20-9-8-16(29-20)11-19-21(27)26(22(28)25-19)12-14-4-2-3-5-18(14)24/h2-11H,12H2,1H3,(H,25,28)/b19-11+. The van der Waals surface area contributed by atoms with Gasteiger partial charge in [0.2, 0.25) is 0 Å². The molecule has 0 unspecified atom stereocenters. The molecule has 3 aromatic rings. The van der Waals surface area contributed by atoms with Crippen molar-refractivity contribution in [1.82, 2.24) is 10.2 Å². The molecule has 4 rings (SSSR count). The quantitative estimate of drug-likeness (QED) is 0.478. The molecule has 1 aliphatic rings. The van der Waals surface area contributed by atoms with Crippen molar-refractivity contribution in [1.29, 1.82) is 0 Å². The van der Waals surface area contributed by atoms with E-state index in [2.05, 4.69) is 5.32 Å². The normalized spacial score (nSPS) is 15.3. The Morgan fingerprint density at radius 2 is 1.93 bits per heavy atom. The van der Waals surface area contributed by atoms with Crippen LogP contribution >= 0.6 is 11.6 Å². The van der Waals surface area contributed by atoms with Crippen LogP contribution in [0, 0.1) is 12.7 Å². The maximum atomic E-state index is 13.9. The molecule has 0 saturated carbocycles. The summed E-state index contributed by atoms with van der Waals surface area (Å²) in [7, 11) is 0. The smallest absolute Gasteiger partial charge is 0.329 e. The number of benzene rings is 2. The van der Waals surface area contributed by atoms with Crippen molar-refractivity contribution >= 4 is 29.6 Å². The van der Waals surface area contributed by atoms with Crippen LogP contribution < -0.4 is 5.32 Å². The van der Waals surface area contributed by atoms with Gasteiger partial charge in [-0.25, -0.2) is 9.18 Å². The molecule has 0 atom stereocenters. The number of halogens is 2. The highest BCUT2D eigenvalue weighted by Gasteiger charge is 2.34. The van der Waals surface area contributed by atoms with Crippen molar-refractivity contribution in [3.8, 4) is 11.3 Å². The number of hydrogen-bond donors (Lipinski definition) is 1. The molecule has 7 heteroatoms. The molecule has 3 amide bonds. The van der Waals surface area contributed by atoms with Gasteiger partial charge in [0, 0.05) is 22.2 Å². The molecule has 5 nitrogen and oxygen atoms in total.